The van der Waals surface area contributed by atoms with E-state index >= 15 is 0 Å². The van der Waals surface area contributed by atoms with Crippen molar-refractivity contribution >= 4 is 43.5 Å². The van der Waals surface area contributed by atoms with Crippen molar-refractivity contribution in [3.8, 4) is 68.8 Å². The topological polar surface area (TPSA) is 303 Å². The zero-order chi connectivity index (χ0) is 70.4. The van der Waals surface area contributed by atoms with Crippen molar-refractivity contribution in [1.29, 1.82) is 0 Å². The molecule has 0 spiro atoms. The van der Waals surface area contributed by atoms with Gasteiger partial charge in [-0.05, 0) is 150 Å². The van der Waals surface area contributed by atoms with Gasteiger partial charge in [0.1, 0.15) is 59.0 Å². The van der Waals surface area contributed by atoms with Crippen LogP contribution in [-0.2, 0) is 33.3 Å². The van der Waals surface area contributed by atoms with E-state index in [1.807, 2.05) is 106 Å². The monoisotopic (exact) mass is 1380 g/mol. The first-order valence-corrected chi connectivity index (χ1v) is 33.4. The molecule has 10 aromatic rings. The zero-order valence-electron chi connectivity index (χ0n) is 54.4. The number of carbonyl (C=O) groups excluding carboxylic acids is 2. The summed E-state index contributed by atoms with van der Waals surface area (Å²) < 4.78 is 121. The first-order valence-electron chi connectivity index (χ1n) is 30.5. The van der Waals surface area contributed by atoms with Crippen LogP contribution in [0.5, 0.6) is 46.3 Å². The third-order valence-electron chi connectivity index (χ3n) is 14.3. The van der Waals surface area contributed by atoms with E-state index < -0.39 is 64.3 Å². The van der Waals surface area contributed by atoms with Gasteiger partial charge in [-0.1, -0.05) is 125 Å². The van der Waals surface area contributed by atoms with Crippen molar-refractivity contribution in [2.24, 2.45) is 11.8 Å². The summed E-state index contributed by atoms with van der Waals surface area (Å²) in [6.45, 7) is 16.0. The van der Waals surface area contributed by atoms with Gasteiger partial charge < -0.3 is 44.3 Å². The molecule has 0 aliphatic rings. The van der Waals surface area contributed by atoms with Gasteiger partial charge in [0.05, 0.1) is 24.6 Å². The highest BCUT2D eigenvalue weighted by atomic mass is 32.2. The number of hydrogen-bond acceptors (Lipinski definition) is 19. The van der Waals surface area contributed by atoms with Gasteiger partial charge in [0, 0.05) is 33.6 Å². The molecule has 0 radical (unpaired) electrons. The lowest BCUT2D eigenvalue weighted by atomic mass is 10.1. The smallest absolute Gasteiger partial charge is 0.407 e. The highest BCUT2D eigenvalue weighted by molar-refractivity contribution is 7.90. The zero-order valence-corrected chi connectivity index (χ0v) is 56.0. The third-order valence-corrected chi connectivity index (χ3v) is 16.7. The molecule has 98 heavy (non-hydrogen) atoms. The highest BCUT2D eigenvalue weighted by Crippen LogP contribution is 2.37. The number of pyridine rings is 4. The maximum Gasteiger partial charge on any atom is 0.407 e. The molecule has 0 saturated carbocycles. The highest BCUT2D eigenvalue weighted by Gasteiger charge is 2.32. The summed E-state index contributed by atoms with van der Waals surface area (Å²) in [5.41, 5.74) is 11.2. The third kappa shape index (κ3) is 18.5. The minimum atomic E-state index is -4.76. The Kier molecular flexibility index (Phi) is 22.8. The van der Waals surface area contributed by atoms with Crippen molar-refractivity contribution in [3.63, 3.8) is 0 Å². The van der Waals surface area contributed by atoms with Gasteiger partial charge in [0.25, 0.3) is 26.9 Å². The Balaban J connectivity index is 0.000000309. The molecule has 0 saturated heterocycles. The van der Waals surface area contributed by atoms with Crippen LogP contribution < -0.4 is 43.6 Å². The lowest BCUT2D eigenvalue weighted by Crippen LogP contribution is -2.31. The van der Waals surface area contributed by atoms with E-state index in [2.05, 4.69) is 19.9 Å². The van der Waals surface area contributed by atoms with Crippen molar-refractivity contribution in [2.75, 3.05) is 18.9 Å². The van der Waals surface area contributed by atoms with Crippen LogP contribution in [0.1, 0.15) is 86.1 Å². The number of nitrogens with one attached hydrogen (secondary N) is 2. The second-order valence-electron chi connectivity index (χ2n) is 23.2. The largest absolute Gasteiger partial charge is 0.493 e. The Morgan fingerprint density at radius 2 is 0.908 bits per heavy atom. The minimum Gasteiger partial charge on any atom is -0.493 e. The summed E-state index contributed by atoms with van der Waals surface area (Å²) in [6, 6.07) is 47.5. The van der Waals surface area contributed by atoms with Crippen molar-refractivity contribution in [1.82, 2.24) is 29.4 Å². The van der Waals surface area contributed by atoms with Crippen LogP contribution in [0.15, 0.2) is 192 Å². The molecule has 2 amide bonds. The number of sulfonamides is 2. The van der Waals surface area contributed by atoms with Gasteiger partial charge in [-0.3, -0.25) is 9.59 Å². The lowest BCUT2D eigenvalue weighted by Gasteiger charge is -2.16. The molecule has 4 aromatic heterocycles. The van der Waals surface area contributed by atoms with Gasteiger partial charge in [-0.25, -0.2) is 33.2 Å². The van der Waals surface area contributed by atoms with Crippen molar-refractivity contribution in [3.05, 3.63) is 248 Å². The second-order valence-corrected chi connectivity index (χ2v) is 26.4. The van der Waals surface area contributed by atoms with E-state index in [1.165, 1.54) is 60.7 Å². The predicted octanol–water partition coefficient (Wildman–Crippen LogP) is 15.1. The van der Waals surface area contributed by atoms with Crippen LogP contribution in [0, 0.1) is 61.3 Å². The first-order chi connectivity index (χ1) is 46.7. The molecule has 0 unspecified atom stereocenters. The molecule has 26 heteroatoms. The Bertz CT molecular complexity index is 4800. The van der Waals surface area contributed by atoms with Gasteiger partial charge >= 0.3 is 15.8 Å². The number of aromatic nitrogens is 4. The van der Waals surface area contributed by atoms with Crippen LogP contribution >= 0.6 is 0 Å². The number of nitrogens with two attached hydrogens (primary N) is 1. The summed E-state index contributed by atoms with van der Waals surface area (Å²) in [5.74, 6) is -3.05. The number of rotatable bonds is 25. The van der Waals surface area contributed by atoms with Crippen LogP contribution in [0.2, 0.25) is 0 Å². The molecule has 0 bridgehead atoms. The van der Waals surface area contributed by atoms with E-state index in [-0.39, 0.29) is 86.7 Å². The Morgan fingerprint density at radius 3 is 1.31 bits per heavy atom. The average Bonchev–Trinajstić information content (AvgIpc) is 0.788. The van der Waals surface area contributed by atoms with Crippen molar-refractivity contribution < 1.29 is 72.8 Å². The van der Waals surface area contributed by atoms with E-state index in [9.17, 15) is 45.3 Å². The van der Waals surface area contributed by atoms with Crippen LogP contribution in [0.4, 0.5) is 20.4 Å². The summed E-state index contributed by atoms with van der Waals surface area (Å²) in [5, 5.41) is 10.5. The van der Waals surface area contributed by atoms with E-state index in [4.69, 9.17) is 34.2 Å². The molecular formula is C72H74F2N8O14S2. The minimum absolute atomic E-state index is 0. The molecule has 0 aliphatic carbocycles. The van der Waals surface area contributed by atoms with Gasteiger partial charge in [0.2, 0.25) is 17.5 Å². The van der Waals surface area contributed by atoms with E-state index in [0.717, 1.165) is 34.4 Å². The number of halogens is 2. The Labute approximate surface area is 569 Å². The van der Waals surface area contributed by atoms with Gasteiger partial charge in [-0.2, -0.15) is 16.8 Å². The molecular weight excluding hydrogens is 1300 g/mol. The molecule has 512 valence electrons. The summed E-state index contributed by atoms with van der Waals surface area (Å²) >= 11 is 0. The number of nitrogens with zero attached hydrogens (tertiary/aromatic N) is 5. The maximum absolute atomic E-state index is 14.6. The average molecular weight is 1380 g/mol. The lowest BCUT2D eigenvalue weighted by molar-refractivity contribution is -0.391. The summed E-state index contributed by atoms with van der Waals surface area (Å²) in [4.78, 5) is 54.8. The van der Waals surface area contributed by atoms with Crippen LogP contribution in [-0.4, -0.2) is 66.7 Å². The normalized spacial score (nSPS) is 11.3. The number of amides is 2. The number of benzene rings is 6. The number of nitro groups is 1. The molecule has 0 fully saturated rings. The number of carbonyl (C=O) groups is 2. The van der Waals surface area contributed by atoms with E-state index in [0.29, 0.717) is 52.7 Å². The maximum atomic E-state index is 14.6. The van der Waals surface area contributed by atoms with Gasteiger partial charge in [0.15, 0.2) is 16.6 Å². The van der Waals surface area contributed by atoms with Crippen LogP contribution in [0.25, 0.3) is 22.5 Å². The number of hydrogen-bond donors (Lipinski definition) is 3. The summed E-state index contributed by atoms with van der Waals surface area (Å²) in [7, 11) is -9.26. The second kappa shape index (κ2) is 31.5. The quantitative estimate of drug-likeness (QED) is 0.0354. The first kappa shape index (κ1) is 70.9. The number of anilines is 1. The fraction of sp³-hybridized carbons (Fsp3) is 0.194. The fourth-order valence-electron chi connectivity index (χ4n) is 9.39. The molecule has 6 aromatic carbocycles. The number of aryl methyl sites for hydroxylation is 4. The molecule has 0 aliphatic heterocycles. The molecule has 4 heterocycles. The predicted molar refractivity (Wildman–Crippen MR) is 369 cm³/mol. The summed E-state index contributed by atoms with van der Waals surface area (Å²) in [6.07, 6.45) is 0. The molecule has 22 nitrogen and oxygen atoms in total. The van der Waals surface area contributed by atoms with Gasteiger partial charge in [-0.15, -0.1) is 0 Å². The van der Waals surface area contributed by atoms with Crippen LogP contribution in [0.3, 0.4) is 0 Å². The van der Waals surface area contributed by atoms with Crippen molar-refractivity contribution in [2.45, 2.75) is 78.7 Å². The molecule has 10 rings (SSSR count). The Hall–Kier alpha value is -11.4. The number of ether oxygens (including phenoxy) is 6. The number of nitrogen functional groups attached to an aromatic ring is 1. The van der Waals surface area contributed by atoms with E-state index in [1.54, 1.807) is 68.4 Å². The molecule has 0 atom stereocenters. The fourth-order valence-corrected chi connectivity index (χ4v) is 11.2. The molecule has 4 N–H and O–H groups in total. The standard InChI is InChI=1S/C36H33FN4O8S.C36H35FN4O6S.3H2/c1-22(2)20-47-28-18-26(17-27(37)19-28)30-14-13-29(36(38-30)49-33-23(3)9-8-10-24(33)4)35(42)40-50(45,46)32-16-15-31(34(39-32)41(43)44)48-21-25-11-6-5-7-12-25;1-22(2)20-45-28-18-26(17-27(37)19-28)30-14-13-29(36(39-30)47-33-23(3)9-8-10-24(33)4)35(42)41-48(43,44)32-16-15-31(34(38)40-32)46-21-25-11-6-5-7-12-25;;;/h5-19,22H,20-21H2,1-4H3,(H,40,42);5-19,22H,20-21H2,1-4H3,(H2,38,40)(H,41,42);3*1H. The SMILES string of the molecule is Cc1cccc(C)c1Oc1nc(-c2cc(F)cc(OCC(C)C)c2)ccc1C(=O)NS(=O)(=O)c1ccc(OCc2ccccc2)c(N)n1.Cc1cccc(C)c1Oc1nc(-c2cc(F)cc(OCC(C)C)c2)ccc1C(=O)NS(=O)(=O)c1ccc(OCc2ccccc2)c([N+](=O)[O-])n1.[HH].[HH].[HH]. The number of para-hydroxylation sites is 2. The Morgan fingerprint density at radius 1 is 0.510 bits per heavy atom.